The minimum absolute atomic E-state index is 0. The Morgan fingerprint density at radius 3 is 2.44 bits per heavy atom. The van der Waals surface area contributed by atoms with Gasteiger partial charge >= 0.3 is 6.18 Å². The van der Waals surface area contributed by atoms with Crippen LogP contribution in [0.15, 0.2) is 24.3 Å². The summed E-state index contributed by atoms with van der Waals surface area (Å²) in [6.45, 7) is 1.89. The number of carbonyl (C=O) groups is 1. The molecular weight excluding hydrogens is 404 g/mol. The van der Waals surface area contributed by atoms with E-state index in [1.807, 2.05) is 25.1 Å². The molecule has 0 spiro atoms. The van der Waals surface area contributed by atoms with Gasteiger partial charge in [-0.25, -0.2) is 0 Å². The van der Waals surface area contributed by atoms with E-state index in [4.69, 9.17) is 0 Å². The van der Waals surface area contributed by atoms with Gasteiger partial charge in [-0.05, 0) is 31.8 Å². The summed E-state index contributed by atoms with van der Waals surface area (Å²) in [5.74, 6) is -0.481. The highest BCUT2D eigenvalue weighted by Crippen LogP contribution is 2.24. The van der Waals surface area contributed by atoms with E-state index in [9.17, 15) is 18.0 Å². The molecule has 1 aromatic carbocycles. The first-order chi connectivity index (χ1) is 11.8. The fourth-order valence-corrected chi connectivity index (χ4v) is 2.91. The Balaban J connectivity index is 0.00000338. The van der Waals surface area contributed by atoms with Crippen molar-refractivity contribution in [3.05, 3.63) is 35.4 Å². The quantitative estimate of drug-likeness (QED) is 0.725. The first-order valence-corrected chi connectivity index (χ1v) is 8.30. The number of amides is 1. The maximum atomic E-state index is 13.3. The molecule has 1 aliphatic rings. The fourth-order valence-electron chi connectivity index (χ4n) is 2.91. The van der Waals surface area contributed by atoms with Crippen LogP contribution >= 0.6 is 24.8 Å². The van der Waals surface area contributed by atoms with Gasteiger partial charge in [0.2, 0.25) is 0 Å². The number of alkyl halides is 3. The maximum absolute atomic E-state index is 13.3. The molecule has 5 nitrogen and oxygen atoms in total. The first-order valence-electron chi connectivity index (χ1n) is 8.30. The number of nitrogens with one attached hydrogen (secondary N) is 2. The van der Waals surface area contributed by atoms with Crippen molar-refractivity contribution in [2.45, 2.75) is 18.8 Å². The summed E-state index contributed by atoms with van der Waals surface area (Å²) >= 11 is 0. The molecule has 1 aromatic rings. The third kappa shape index (κ3) is 8.23. The van der Waals surface area contributed by atoms with Crippen LogP contribution in [0.2, 0.25) is 0 Å². The van der Waals surface area contributed by atoms with Crippen molar-refractivity contribution >= 4 is 30.7 Å². The Morgan fingerprint density at radius 1 is 1.26 bits per heavy atom. The van der Waals surface area contributed by atoms with Gasteiger partial charge in [-0.2, -0.15) is 13.2 Å². The molecule has 0 aliphatic carbocycles. The normalized spacial score (nSPS) is 16.2. The molecule has 1 aliphatic heterocycles. The van der Waals surface area contributed by atoms with Crippen molar-refractivity contribution in [1.82, 2.24) is 20.4 Å². The lowest BCUT2D eigenvalue weighted by Gasteiger charge is -2.35. The molecule has 27 heavy (non-hydrogen) atoms. The predicted molar refractivity (Wildman–Crippen MR) is 105 cm³/mol. The van der Waals surface area contributed by atoms with Crippen molar-refractivity contribution in [2.24, 2.45) is 0 Å². The molecule has 0 aromatic heterocycles. The lowest BCUT2D eigenvalue weighted by atomic mass is 10.1. The highest BCUT2D eigenvalue weighted by atomic mass is 35.5. The van der Waals surface area contributed by atoms with Crippen LogP contribution in [-0.4, -0.2) is 74.7 Å². The Bertz CT molecular complexity index is 582. The van der Waals surface area contributed by atoms with Crippen molar-refractivity contribution < 1.29 is 18.0 Å². The number of carbonyl (C=O) groups excluding carboxylic acids is 1. The zero-order valence-electron chi connectivity index (χ0n) is 15.4. The third-order valence-corrected chi connectivity index (χ3v) is 4.11. The van der Waals surface area contributed by atoms with Crippen molar-refractivity contribution in [3.63, 3.8) is 0 Å². The van der Waals surface area contributed by atoms with Gasteiger partial charge in [-0.3, -0.25) is 9.69 Å². The third-order valence-electron chi connectivity index (χ3n) is 4.11. The molecule has 2 N–H and O–H groups in total. The van der Waals surface area contributed by atoms with E-state index < -0.39 is 24.7 Å². The molecule has 1 heterocycles. The Labute approximate surface area is 170 Å². The van der Waals surface area contributed by atoms with Gasteiger partial charge in [0.05, 0.1) is 0 Å². The van der Waals surface area contributed by atoms with Gasteiger partial charge in [0.15, 0.2) is 0 Å². The van der Waals surface area contributed by atoms with Crippen LogP contribution in [0.5, 0.6) is 0 Å². The van der Waals surface area contributed by atoms with Crippen LogP contribution in [0.1, 0.15) is 15.9 Å². The topological polar surface area (TPSA) is 47.6 Å². The van der Waals surface area contributed by atoms with Gasteiger partial charge in [0.1, 0.15) is 6.04 Å². The summed E-state index contributed by atoms with van der Waals surface area (Å²) in [5, 5.41) is 5.48. The molecule has 0 saturated carbocycles. The van der Waals surface area contributed by atoms with E-state index in [0.717, 1.165) is 5.56 Å². The zero-order chi connectivity index (χ0) is 18.4. The van der Waals surface area contributed by atoms with Crippen molar-refractivity contribution in [3.8, 4) is 0 Å². The summed E-state index contributed by atoms with van der Waals surface area (Å²) in [5.41, 5.74) is 1.31. The number of rotatable bonds is 6. The molecule has 1 saturated heterocycles. The lowest BCUT2D eigenvalue weighted by Crippen LogP contribution is -2.57. The molecule has 1 amide bonds. The number of nitrogens with zero attached hydrogens (tertiary/aromatic N) is 2. The van der Waals surface area contributed by atoms with E-state index in [0.29, 0.717) is 38.3 Å². The van der Waals surface area contributed by atoms with E-state index in [2.05, 4.69) is 10.6 Å². The second-order valence-corrected chi connectivity index (χ2v) is 6.49. The average Bonchev–Trinajstić information content (AvgIpc) is 2.54. The number of hydrogen-bond donors (Lipinski definition) is 2. The van der Waals surface area contributed by atoms with Gasteiger partial charge in [0.25, 0.3) is 5.91 Å². The fraction of sp³-hybridized carbons (Fsp3) is 0.588. The second kappa shape index (κ2) is 11.7. The summed E-state index contributed by atoms with van der Waals surface area (Å²) in [7, 11) is 3.82. The number of benzene rings is 1. The monoisotopic (exact) mass is 430 g/mol. The van der Waals surface area contributed by atoms with Gasteiger partial charge in [-0.1, -0.05) is 12.1 Å². The van der Waals surface area contributed by atoms with Crippen LogP contribution in [0.25, 0.3) is 0 Å². The SMILES string of the molecule is CN(C)Cc1cccc(C(=O)NCC(N2CCNCC2)C(F)(F)F)c1.Cl.Cl. The Hall–Kier alpha value is -1.06. The van der Waals surface area contributed by atoms with Crippen LogP contribution in [-0.2, 0) is 6.54 Å². The van der Waals surface area contributed by atoms with E-state index in [-0.39, 0.29) is 24.8 Å². The minimum atomic E-state index is -4.38. The van der Waals surface area contributed by atoms with E-state index >= 15 is 0 Å². The van der Waals surface area contributed by atoms with E-state index in [1.54, 1.807) is 18.2 Å². The first kappa shape index (κ1) is 25.9. The molecular formula is C17H27Cl2F3N4O. The Morgan fingerprint density at radius 2 is 1.89 bits per heavy atom. The predicted octanol–water partition coefficient (Wildman–Crippen LogP) is 2.16. The molecule has 0 radical (unpaired) electrons. The molecule has 1 unspecified atom stereocenters. The van der Waals surface area contributed by atoms with Crippen molar-refractivity contribution in [1.29, 1.82) is 0 Å². The van der Waals surface area contributed by atoms with Crippen LogP contribution < -0.4 is 10.6 Å². The smallest absolute Gasteiger partial charge is 0.350 e. The lowest BCUT2D eigenvalue weighted by molar-refractivity contribution is -0.183. The van der Waals surface area contributed by atoms with Crippen LogP contribution in [0.4, 0.5) is 13.2 Å². The van der Waals surface area contributed by atoms with Gasteiger partial charge in [0, 0.05) is 44.8 Å². The van der Waals surface area contributed by atoms with Gasteiger partial charge < -0.3 is 15.5 Å². The molecule has 1 fully saturated rings. The molecule has 0 bridgehead atoms. The van der Waals surface area contributed by atoms with Crippen molar-refractivity contribution in [2.75, 3.05) is 46.8 Å². The molecule has 1 atom stereocenters. The Kier molecular flexibility index (Phi) is 11.2. The average molecular weight is 431 g/mol. The molecule has 156 valence electrons. The number of halogens is 5. The highest BCUT2D eigenvalue weighted by molar-refractivity contribution is 5.94. The van der Waals surface area contributed by atoms with E-state index in [1.165, 1.54) is 4.90 Å². The van der Waals surface area contributed by atoms with Gasteiger partial charge in [-0.15, -0.1) is 24.8 Å². The second-order valence-electron chi connectivity index (χ2n) is 6.49. The summed E-state index contributed by atoms with van der Waals surface area (Å²) in [4.78, 5) is 15.6. The van der Waals surface area contributed by atoms with Crippen LogP contribution in [0, 0.1) is 0 Å². The summed E-state index contributed by atoms with van der Waals surface area (Å²) in [6, 6.07) is 5.29. The largest absolute Gasteiger partial charge is 0.405 e. The summed E-state index contributed by atoms with van der Waals surface area (Å²) in [6.07, 6.45) is -4.38. The summed E-state index contributed by atoms with van der Waals surface area (Å²) < 4.78 is 40.0. The standard InChI is InChI=1S/C17H25F3N4O.2ClH/c1-23(2)12-13-4-3-5-14(10-13)16(25)22-11-15(17(18,19)20)24-8-6-21-7-9-24;;/h3-5,10,15,21H,6-9,11-12H2,1-2H3,(H,22,25);2*1H. The zero-order valence-corrected chi connectivity index (χ0v) is 17.0. The highest BCUT2D eigenvalue weighted by Gasteiger charge is 2.43. The number of piperazine rings is 1. The number of hydrogen-bond acceptors (Lipinski definition) is 4. The maximum Gasteiger partial charge on any atom is 0.405 e. The minimum Gasteiger partial charge on any atom is -0.350 e. The van der Waals surface area contributed by atoms with Crippen LogP contribution in [0.3, 0.4) is 0 Å². The molecule has 2 rings (SSSR count). The molecule has 10 heteroatoms.